The molecule has 0 N–H and O–H groups in total. The standard InChI is InChI=1S/C24H25F3N2O8/c1-5-6-9-35-16-11-18(37-17(16)13-36-21(32)23(2,3)4)28-12-14(24(25,26)27)19(30)29(22(28)33)20(31)15-8-7-10-34-15/h7-8,10,12,16-18H,9,11,13H2,1-4H3/t16-,17+,18+/m0/s1. The molecule has 0 amide bonds. The van der Waals surface area contributed by atoms with Crippen molar-refractivity contribution in [1.29, 1.82) is 0 Å². The number of nitrogens with zero attached hydrogens (tertiary/aromatic N) is 2. The molecule has 3 atom stereocenters. The lowest BCUT2D eigenvalue weighted by Crippen LogP contribution is -2.47. The lowest BCUT2D eigenvalue weighted by Gasteiger charge is -2.22. The van der Waals surface area contributed by atoms with E-state index < -0.39 is 64.5 Å². The number of alkyl halides is 3. The zero-order valence-electron chi connectivity index (χ0n) is 20.5. The second-order valence-corrected chi connectivity index (χ2v) is 9.14. The number of aromatic nitrogens is 2. The van der Waals surface area contributed by atoms with Crippen LogP contribution in [-0.2, 0) is 25.2 Å². The van der Waals surface area contributed by atoms with Crippen molar-refractivity contribution < 1.29 is 41.4 Å². The highest BCUT2D eigenvalue weighted by Crippen LogP contribution is 2.32. The Balaban J connectivity index is 2.03. The first-order chi connectivity index (χ1) is 17.3. The molecule has 2 aromatic heterocycles. The third kappa shape index (κ3) is 6.20. The molecular formula is C24H25F3N2O8. The molecule has 0 spiro atoms. The van der Waals surface area contributed by atoms with Crippen LogP contribution >= 0.6 is 0 Å². The summed E-state index contributed by atoms with van der Waals surface area (Å²) >= 11 is 0. The highest BCUT2D eigenvalue weighted by atomic mass is 19.4. The molecule has 37 heavy (non-hydrogen) atoms. The van der Waals surface area contributed by atoms with Gasteiger partial charge in [0.2, 0.25) is 0 Å². The molecule has 0 radical (unpaired) electrons. The monoisotopic (exact) mass is 526 g/mol. The minimum atomic E-state index is -5.19. The van der Waals surface area contributed by atoms with E-state index in [1.807, 2.05) is 0 Å². The lowest BCUT2D eigenvalue weighted by molar-refractivity contribution is -0.160. The second kappa shape index (κ2) is 10.8. The predicted octanol–water partition coefficient (Wildman–Crippen LogP) is 2.60. The Bertz CT molecular complexity index is 1320. The maximum atomic E-state index is 13.7. The molecule has 0 bridgehead atoms. The van der Waals surface area contributed by atoms with Gasteiger partial charge in [0.05, 0.1) is 17.8 Å². The summed E-state index contributed by atoms with van der Waals surface area (Å²) in [6.07, 6.45) is -7.18. The molecule has 1 aliphatic rings. The number of hydrogen-bond donors (Lipinski definition) is 0. The van der Waals surface area contributed by atoms with E-state index in [9.17, 15) is 32.3 Å². The third-order valence-electron chi connectivity index (χ3n) is 5.38. The van der Waals surface area contributed by atoms with E-state index in [4.69, 9.17) is 18.6 Å². The van der Waals surface area contributed by atoms with Crippen molar-refractivity contribution >= 4 is 11.9 Å². The summed E-state index contributed by atoms with van der Waals surface area (Å²) in [5.74, 6) is 2.86. The van der Waals surface area contributed by atoms with Gasteiger partial charge in [-0.15, -0.1) is 5.92 Å². The van der Waals surface area contributed by atoms with E-state index in [0.717, 1.165) is 12.3 Å². The number of esters is 1. The molecule has 1 aliphatic heterocycles. The Morgan fingerprint density at radius 2 is 1.92 bits per heavy atom. The highest BCUT2D eigenvalue weighted by molar-refractivity contribution is 5.93. The van der Waals surface area contributed by atoms with Crippen LogP contribution in [0.4, 0.5) is 13.2 Å². The van der Waals surface area contributed by atoms with Crippen LogP contribution in [0.5, 0.6) is 0 Å². The number of hydrogen-bond acceptors (Lipinski definition) is 8. The molecule has 0 aromatic carbocycles. The number of rotatable bonds is 6. The molecule has 3 rings (SSSR count). The maximum Gasteiger partial charge on any atom is 0.423 e. The Kier molecular flexibility index (Phi) is 8.14. The maximum absolute atomic E-state index is 13.7. The van der Waals surface area contributed by atoms with Crippen LogP contribution in [0.1, 0.15) is 56.5 Å². The number of carbonyl (C=O) groups is 2. The first-order valence-corrected chi connectivity index (χ1v) is 11.1. The van der Waals surface area contributed by atoms with Gasteiger partial charge in [-0.1, -0.05) is 5.92 Å². The highest BCUT2D eigenvalue weighted by Gasteiger charge is 2.42. The summed E-state index contributed by atoms with van der Waals surface area (Å²) < 4.78 is 63.0. The van der Waals surface area contributed by atoms with E-state index in [2.05, 4.69) is 11.8 Å². The second-order valence-electron chi connectivity index (χ2n) is 9.14. The van der Waals surface area contributed by atoms with Crippen LogP contribution in [0.15, 0.2) is 38.6 Å². The van der Waals surface area contributed by atoms with Gasteiger partial charge >= 0.3 is 23.7 Å². The molecule has 1 fully saturated rings. The minimum Gasteiger partial charge on any atom is -0.462 e. The SMILES string of the molecule is CC#CCO[C@H]1C[C@H](n2cc(C(F)(F)F)c(=O)n(C(=O)c3ccco3)c2=O)O[C@@H]1COC(=O)C(C)(C)C. The number of ether oxygens (including phenoxy) is 3. The van der Waals surface area contributed by atoms with Crippen molar-refractivity contribution in [2.24, 2.45) is 5.41 Å². The summed E-state index contributed by atoms with van der Waals surface area (Å²) in [4.78, 5) is 50.6. The van der Waals surface area contributed by atoms with Crippen LogP contribution < -0.4 is 11.2 Å². The Morgan fingerprint density at radius 3 is 2.49 bits per heavy atom. The number of furan rings is 1. The van der Waals surface area contributed by atoms with Crippen molar-refractivity contribution in [3.05, 3.63) is 56.8 Å². The zero-order valence-corrected chi connectivity index (χ0v) is 20.5. The van der Waals surface area contributed by atoms with Crippen LogP contribution in [0.25, 0.3) is 0 Å². The van der Waals surface area contributed by atoms with E-state index in [-0.39, 0.29) is 24.2 Å². The molecule has 13 heteroatoms. The molecule has 1 saturated heterocycles. The molecule has 2 aromatic rings. The van der Waals surface area contributed by atoms with E-state index >= 15 is 0 Å². The quantitative estimate of drug-likeness (QED) is 0.416. The average molecular weight is 526 g/mol. The van der Waals surface area contributed by atoms with Gasteiger partial charge in [-0.3, -0.25) is 19.0 Å². The largest absolute Gasteiger partial charge is 0.462 e. The number of carbonyl (C=O) groups excluding carboxylic acids is 2. The normalized spacial score (nSPS) is 19.8. The first-order valence-electron chi connectivity index (χ1n) is 11.1. The smallest absolute Gasteiger partial charge is 0.423 e. The van der Waals surface area contributed by atoms with Gasteiger partial charge in [0.1, 0.15) is 31.1 Å². The summed E-state index contributed by atoms with van der Waals surface area (Å²) in [5.41, 5.74) is -5.81. The molecule has 3 heterocycles. The van der Waals surface area contributed by atoms with Crippen molar-refractivity contribution in [1.82, 2.24) is 9.13 Å². The van der Waals surface area contributed by atoms with Crippen LogP contribution in [0.2, 0.25) is 0 Å². The van der Waals surface area contributed by atoms with Gasteiger partial charge in [-0.25, -0.2) is 4.79 Å². The van der Waals surface area contributed by atoms with Crippen LogP contribution in [0.3, 0.4) is 0 Å². The van der Waals surface area contributed by atoms with Crippen molar-refractivity contribution in [3.63, 3.8) is 0 Å². The Labute approximate surface area is 208 Å². The first kappa shape index (κ1) is 27.9. The molecular weight excluding hydrogens is 501 g/mol. The molecule has 200 valence electrons. The van der Waals surface area contributed by atoms with Crippen molar-refractivity contribution in [2.45, 2.75) is 58.7 Å². The van der Waals surface area contributed by atoms with E-state index in [1.54, 1.807) is 27.7 Å². The van der Waals surface area contributed by atoms with E-state index in [1.165, 1.54) is 6.07 Å². The number of halogens is 3. The summed E-state index contributed by atoms with van der Waals surface area (Å²) in [6, 6.07) is 2.37. The summed E-state index contributed by atoms with van der Waals surface area (Å²) in [5, 5.41) is 0. The third-order valence-corrected chi connectivity index (χ3v) is 5.38. The topological polar surface area (TPSA) is 119 Å². The van der Waals surface area contributed by atoms with Gasteiger partial charge in [0.15, 0.2) is 5.76 Å². The molecule has 0 saturated carbocycles. The van der Waals surface area contributed by atoms with Crippen molar-refractivity contribution in [3.8, 4) is 11.8 Å². The van der Waals surface area contributed by atoms with Gasteiger partial charge in [0.25, 0.3) is 5.56 Å². The van der Waals surface area contributed by atoms with Gasteiger partial charge in [-0.2, -0.15) is 17.7 Å². The molecule has 10 nitrogen and oxygen atoms in total. The fraction of sp³-hybridized carbons (Fsp3) is 0.500. The Morgan fingerprint density at radius 1 is 1.22 bits per heavy atom. The van der Waals surface area contributed by atoms with Gasteiger partial charge in [-0.05, 0) is 39.8 Å². The van der Waals surface area contributed by atoms with Crippen molar-refractivity contribution in [2.75, 3.05) is 13.2 Å². The fourth-order valence-corrected chi connectivity index (χ4v) is 3.45. The van der Waals surface area contributed by atoms with Gasteiger partial charge in [0, 0.05) is 12.6 Å². The molecule has 0 unspecified atom stereocenters. The zero-order chi connectivity index (χ0) is 27.5. The lowest BCUT2D eigenvalue weighted by atomic mass is 9.97. The van der Waals surface area contributed by atoms with Gasteiger partial charge < -0.3 is 18.6 Å². The summed E-state index contributed by atoms with van der Waals surface area (Å²) in [6.45, 7) is 6.11. The Hall–Kier alpha value is -3.63. The van der Waals surface area contributed by atoms with Crippen LogP contribution in [-0.4, -0.2) is 46.4 Å². The van der Waals surface area contributed by atoms with Crippen LogP contribution in [0, 0.1) is 17.3 Å². The summed E-state index contributed by atoms with van der Waals surface area (Å²) in [7, 11) is 0. The average Bonchev–Trinajstić information content (AvgIpc) is 3.46. The predicted molar refractivity (Wildman–Crippen MR) is 121 cm³/mol. The van der Waals surface area contributed by atoms with E-state index in [0.29, 0.717) is 10.8 Å². The minimum absolute atomic E-state index is 0.0554. The molecule has 0 aliphatic carbocycles. The fourth-order valence-electron chi connectivity index (χ4n) is 3.45.